The van der Waals surface area contributed by atoms with Crippen molar-refractivity contribution in [3.8, 4) is 6.07 Å². The number of nitriles is 1. The Kier molecular flexibility index (Phi) is 6.16. The fourth-order valence-electron chi connectivity index (χ4n) is 1.85. The van der Waals surface area contributed by atoms with E-state index >= 15 is 0 Å². The highest BCUT2D eigenvalue weighted by molar-refractivity contribution is 6.30. The summed E-state index contributed by atoms with van der Waals surface area (Å²) in [5, 5.41) is 15.3. The van der Waals surface area contributed by atoms with Gasteiger partial charge in [0, 0.05) is 36.7 Å². The Bertz CT molecular complexity index is 738. The topological polar surface area (TPSA) is 77.8 Å². The number of nitrogens with one attached hydrogen (secondary N) is 2. The van der Waals surface area contributed by atoms with Crippen molar-refractivity contribution >= 4 is 17.5 Å². The molecule has 23 heavy (non-hydrogen) atoms. The Hall–Kier alpha value is -2.84. The number of nitrogens with zero attached hydrogens (tertiary/aromatic N) is 2. The van der Waals surface area contributed by atoms with Gasteiger partial charge in [-0.1, -0.05) is 29.8 Å². The molecule has 0 atom stereocenters. The zero-order valence-corrected chi connectivity index (χ0v) is 13.0. The fourth-order valence-corrected chi connectivity index (χ4v) is 2.06. The van der Waals surface area contributed by atoms with Crippen molar-refractivity contribution in [3.05, 3.63) is 76.7 Å². The lowest BCUT2D eigenvalue weighted by molar-refractivity contribution is -0.117. The maximum absolute atomic E-state index is 12.0. The van der Waals surface area contributed by atoms with E-state index in [-0.39, 0.29) is 5.57 Å². The second kappa shape index (κ2) is 8.57. The number of rotatable bonds is 6. The Morgan fingerprint density at radius 1 is 1.26 bits per heavy atom. The van der Waals surface area contributed by atoms with Crippen LogP contribution in [-0.2, 0) is 17.9 Å². The number of carbonyl (C=O) groups excluding carboxylic acids is 1. The molecule has 1 aromatic carbocycles. The van der Waals surface area contributed by atoms with Crippen LogP contribution in [-0.4, -0.2) is 10.9 Å². The summed E-state index contributed by atoms with van der Waals surface area (Å²) in [5.74, 6) is -0.435. The van der Waals surface area contributed by atoms with Crippen LogP contribution in [0.5, 0.6) is 0 Å². The predicted molar refractivity (Wildman–Crippen MR) is 88.1 cm³/mol. The van der Waals surface area contributed by atoms with Crippen molar-refractivity contribution in [3.63, 3.8) is 0 Å². The van der Waals surface area contributed by atoms with Crippen LogP contribution in [0.1, 0.15) is 11.1 Å². The standard InChI is InChI=1S/C17H15ClN4O/c18-16-5-1-3-13(7-16)9-21-12-15(8-19)17(23)22-11-14-4-2-6-20-10-14/h1-7,10,12,21H,9,11H2,(H,22,23)/b15-12-. The Balaban J connectivity index is 1.88. The average molecular weight is 327 g/mol. The van der Waals surface area contributed by atoms with Gasteiger partial charge in [0.1, 0.15) is 11.6 Å². The first-order chi connectivity index (χ1) is 11.2. The van der Waals surface area contributed by atoms with Gasteiger partial charge in [-0.25, -0.2) is 0 Å². The number of hydrogen-bond donors (Lipinski definition) is 2. The van der Waals surface area contributed by atoms with E-state index in [0.29, 0.717) is 18.1 Å². The third-order valence-corrected chi connectivity index (χ3v) is 3.22. The van der Waals surface area contributed by atoms with Crippen LogP contribution in [0.4, 0.5) is 0 Å². The highest BCUT2D eigenvalue weighted by Crippen LogP contribution is 2.10. The molecule has 1 heterocycles. The van der Waals surface area contributed by atoms with E-state index in [1.807, 2.05) is 30.3 Å². The zero-order chi connectivity index (χ0) is 16.5. The summed E-state index contributed by atoms with van der Waals surface area (Å²) < 4.78 is 0. The Morgan fingerprint density at radius 3 is 2.78 bits per heavy atom. The van der Waals surface area contributed by atoms with Crippen LogP contribution in [0, 0.1) is 11.3 Å². The van der Waals surface area contributed by atoms with Crippen LogP contribution >= 0.6 is 11.6 Å². The third-order valence-electron chi connectivity index (χ3n) is 2.98. The SMILES string of the molecule is N#C/C(=C/NCc1cccc(Cl)c1)C(=O)NCc1cccnc1. The molecule has 0 saturated carbocycles. The maximum atomic E-state index is 12.0. The first-order valence-corrected chi connectivity index (χ1v) is 7.32. The van der Waals surface area contributed by atoms with Gasteiger partial charge in [-0.05, 0) is 29.3 Å². The molecule has 1 amide bonds. The van der Waals surface area contributed by atoms with Crippen LogP contribution in [0.15, 0.2) is 60.6 Å². The van der Waals surface area contributed by atoms with Crippen molar-refractivity contribution in [2.24, 2.45) is 0 Å². The Morgan fingerprint density at radius 2 is 2.09 bits per heavy atom. The van der Waals surface area contributed by atoms with E-state index < -0.39 is 5.91 Å². The van der Waals surface area contributed by atoms with E-state index in [1.54, 1.807) is 24.5 Å². The number of carbonyl (C=O) groups is 1. The van der Waals surface area contributed by atoms with Crippen LogP contribution in [0.3, 0.4) is 0 Å². The van der Waals surface area contributed by atoms with Crippen molar-refractivity contribution < 1.29 is 4.79 Å². The first kappa shape index (κ1) is 16.5. The normalized spacial score (nSPS) is 10.7. The van der Waals surface area contributed by atoms with Gasteiger partial charge in [0.2, 0.25) is 0 Å². The number of amides is 1. The molecular weight excluding hydrogens is 312 g/mol. The van der Waals surface area contributed by atoms with Gasteiger partial charge in [-0.2, -0.15) is 5.26 Å². The van der Waals surface area contributed by atoms with Gasteiger partial charge in [-0.3, -0.25) is 9.78 Å². The molecule has 0 spiro atoms. The van der Waals surface area contributed by atoms with E-state index in [2.05, 4.69) is 15.6 Å². The minimum atomic E-state index is -0.435. The maximum Gasteiger partial charge on any atom is 0.263 e. The number of hydrogen-bond acceptors (Lipinski definition) is 4. The second-order valence-electron chi connectivity index (χ2n) is 4.72. The van der Waals surface area contributed by atoms with Crippen molar-refractivity contribution in [1.82, 2.24) is 15.6 Å². The average Bonchev–Trinajstić information content (AvgIpc) is 2.57. The molecule has 0 bridgehead atoms. The van der Waals surface area contributed by atoms with Gasteiger partial charge in [0.15, 0.2) is 0 Å². The molecule has 0 radical (unpaired) electrons. The molecule has 0 fully saturated rings. The lowest BCUT2D eigenvalue weighted by Crippen LogP contribution is -2.25. The summed E-state index contributed by atoms with van der Waals surface area (Å²) >= 11 is 5.90. The molecule has 0 aliphatic rings. The van der Waals surface area contributed by atoms with E-state index in [1.165, 1.54) is 6.20 Å². The summed E-state index contributed by atoms with van der Waals surface area (Å²) in [7, 11) is 0. The summed E-state index contributed by atoms with van der Waals surface area (Å²) in [6, 6.07) is 12.9. The lowest BCUT2D eigenvalue weighted by atomic mass is 10.2. The number of benzene rings is 1. The number of aromatic nitrogens is 1. The summed E-state index contributed by atoms with van der Waals surface area (Å²) in [6.45, 7) is 0.793. The van der Waals surface area contributed by atoms with Crippen LogP contribution < -0.4 is 10.6 Å². The quantitative estimate of drug-likeness (QED) is 0.631. The van der Waals surface area contributed by atoms with Crippen molar-refractivity contribution in [2.45, 2.75) is 13.1 Å². The lowest BCUT2D eigenvalue weighted by Gasteiger charge is -2.05. The fraction of sp³-hybridized carbons (Fsp3) is 0.118. The van der Waals surface area contributed by atoms with Crippen molar-refractivity contribution in [2.75, 3.05) is 0 Å². The summed E-state index contributed by atoms with van der Waals surface area (Å²) in [5.41, 5.74) is 1.84. The molecule has 1 aromatic heterocycles. The molecule has 2 N–H and O–H groups in total. The molecule has 5 nitrogen and oxygen atoms in total. The van der Waals surface area contributed by atoms with E-state index in [0.717, 1.165) is 11.1 Å². The minimum absolute atomic E-state index is 0.0101. The molecule has 0 aliphatic carbocycles. The highest BCUT2D eigenvalue weighted by Gasteiger charge is 2.08. The summed E-state index contributed by atoms with van der Waals surface area (Å²) in [4.78, 5) is 15.9. The third kappa shape index (κ3) is 5.46. The van der Waals surface area contributed by atoms with Gasteiger partial charge in [0.05, 0.1) is 0 Å². The second-order valence-corrected chi connectivity index (χ2v) is 5.16. The molecule has 6 heteroatoms. The van der Waals surface area contributed by atoms with Crippen LogP contribution in [0.2, 0.25) is 5.02 Å². The largest absolute Gasteiger partial charge is 0.386 e. The molecule has 116 valence electrons. The monoisotopic (exact) mass is 326 g/mol. The van der Waals surface area contributed by atoms with Gasteiger partial charge < -0.3 is 10.6 Å². The molecule has 2 aromatic rings. The zero-order valence-electron chi connectivity index (χ0n) is 12.3. The van der Waals surface area contributed by atoms with Crippen LogP contribution in [0.25, 0.3) is 0 Å². The van der Waals surface area contributed by atoms with Gasteiger partial charge in [-0.15, -0.1) is 0 Å². The molecule has 2 rings (SSSR count). The van der Waals surface area contributed by atoms with E-state index in [9.17, 15) is 4.79 Å². The molecular formula is C17H15ClN4O. The number of halogens is 1. The highest BCUT2D eigenvalue weighted by atomic mass is 35.5. The van der Waals surface area contributed by atoms with Crippen molar-refractivity contribution in [1.29, 1.82) is 5.26 Å². The Labute approximate surface area is 139 Å². The predicted octanol–water partition coefficient (Wildman–Crippen LogP) is 2.55. The first-order valence-electron chi connectivity index (χ1n) is 6.94. The molecule has 0 saturated heterocycles. The number of pyridine rings is 1. The summed E-state index contributed by atoms with van der Waals surface area (Å²) in [6.07, 6.45) is 4.72. The molecule has 0 unspecified atom stereocenters. The smallest absolute Gasteiger partial charge is 0.263 e. The van der Waals surface area contributed by atoms with E-state index in [4.69, 9.17) is 16.9 Å². The van der Waals surface area contributed by atoms with Gasteiger partial charge >= 0.3 is 0 Å². The van der Waals surface area contributed by atoms with Gasteiger partial charge in [0.25, 0.3) is 5.91 Å². The molecule has 0 aliphatic heterocycles. The minimum Gasteiger partial charge on any atom is -0.386 e.